The van der Waals surface area contributed by atoms with Crippen molar-refractivity contribution >= 4 is 79.6 Å². The topological polar surface area (TPSA) is 51.4 Å². The van der Waals surface area contributed by atoms with Crippen molar-refractivity contribution < 1.29 is 0 Å². The van der Waals surface area contributed by atoms with Gasteiger partial charge in [-0.1, -0.05) is 121 Å². The Hall–Kier alpha value is -6.55. The third-order valence-electron chi connectivity index (χ3n) is 9.78. The van der Waals surface area contributed by atoms with E-state index in [0.717, 1.165) is 33.7 Å². The Kier molecular flexibility index (Phi) is 7.37. The van der Waals surface area contributed by atoms with E-state index >= 15 is 0 Å². The van der Waals surface area contributed by atoms with Crippen LogP contribution in [0.1, 0.15) is 0 Å². The van der Waals surface area contributed by atoms with Crippen LogP contribution in [0.2, 0.25) is 0 Å². The summed E-state index contributed by atoms with van der Waals surface area (Å²) in [7, 11) is 0.372. The highest BCUT2D eigenvalue weighted by molar-refractivity contribution is 7.45. The highest BCUT2D eigenvalue weighted by atomic mass is 31.1. The smallest absolute Gasteiger partial charge is 0.138 e. The number of hydrogen-bond acceptors (Lipinski definition) is 2. The van der Waals surface area contributed by atoms with Crippen molar-refractivity contribution in [2.24, 2.45) is 0 Å². The van der Waals surface area contributed by atoms with Crippen LogP contribution in [0.4, 0.5) is 0 Å². The van der Waals surface area contributed by atoms with Crippen LogP contribution in [0.5, 0.6) is 0 Å². The van der Waals surface area contributed by atoms with Gasteiger partial charge in [-0.3, -0.25) is 4.57 Å². The van der Waals surface area contributed by atoms with Gasteiger partial charge >= 0.3 is 0 Å². The van der Waals surface area contributed by atoms with Gasteiger partial charge in [0.2, 0.25) is 0 Å². The lowest BCUT2D eigenvalue weighted by atomic mass is 10.2. The van der Waals surface area contributed by atoms with E-state index in [1.165, 1.54) is 54.4 Å². The standard InChI is InChI=1S/C34H23N4P.C12H9N/c1-5-17-29-23(11-1)24-12-2-6-18-30(24)37(29)33-21-9-15-27(35-33)28-16-10-22-34(36-28)39-38-31-19-7-3-13-25(31)26-14-4-8-20-32(26)38;1-3-7-11-9(5-1)10-6-2-4-8-12(10)13-11/h1-22,39H;1-8,13H. The number of H-pyrrole nitrogens is 1. The Labute approximate surface area is 301 Å². The van der Waals surface area contributed by atoms with E-state index in [1.807, 2.05) is 6.07 Å². The van der Waals surface area contributed by atoms with E-state index in [4.69, 9.17) is 9.97 Å². The molecule has 1 N–H and O–H groups in total. The van der Waals surface area contributed by atoms with Crippen LogP contribution in [0, 0.1) is 0 Å². The lowest BCUT2D eigenvalue weighted by molar-refractivity contribution is 1.08. The second kappa shape index (κ2) is 12.6. The number of benzene rings is 6. The minimum atomic E-state index is 0.372. The van der Waals surface area contributed by atoms with Crippen LogP contribution >= 0.6 is 8.73 Å². The first-order valence-electron chi connectivity index (χ1n) is 17.4. The van der Waals surface area contributed by atoms with Crippen LogP contribution in [-0.4, -0.2) is 23.9 Å². The van der Waals surface area contributed by atoms with E-state index < -0.39 is 0 Å². The van der Waals surface area contributed by atoms with Crippen molar-refractivity contribution in [3.05, 3.63) is 182 Å². The van der Waals surface area contributed by atoms with Gasteiger partial charge < -0.3 is 9.32 Å². The van der Waals surface area contributed by atoms with Gasteiger partial charge in [0.1, 0.15) is 5.82 Å². The average Bonchev–Trinajstić information content (AvgIpc) is 3.87. The van der Waals surface area contributed by atoms with Crippen LogP contribution in [-0.2, 0) is 0 Å². The lowest BCUT2D eigenvalue weighted by Crippen LogP contribution is -2.06. The average molecular weight is 686 g/mol. The summed E-state index contributed by atoms with van der Waals surface area (Å²) in [5.41, 5.74) is 9.96. The van der Waals surface area contributed by atoms with Crippen molar-refractivity contribution in [3.63, 3.8) is 0 Å². The molecule has 52 heavy (non-hydrogen) atoms. The van der Waals surface area contributed by atoms with Gasteiger partial charge in [0.05, 0.1) is 38.9 Å². The number of para-hydroxylation sites is 6. The van der Waals surface area contributed by atoms with Gasteiger partial charge in [-0.05, 0) is 60.7 Å². The summed E-state index contributed by atoms with van der Waals surface area (Å²) in [5, 5.41) is 7.62. The maximum absolute atomic E-state index is 5.12. The molecule has 6 aromatic carbocycles. The van der Waals surface area contributed by atoms with Crippen molar-refractivity contribution in [1.29, 1.82) is 0 Å². The molecule has 0 spiro atoms. The minimum Gasteiger partial charge on any atom is -0.355 e. The fourth-order valence-corrected chi connectivity index (χ4v) is 8.66. The first-order valence-corrected chi connectivity index (χ1v) is 18.4. The van der Waals surface area contributed by atoms with E-state index in [2.05, 4.69) is 190 Å². The molecule has 0 aliphatic carbocycles. The third-order valence-corrected chi connectivity index (χ3v) is 11.0. The fraction of sp³-hybridized carbons (Fsp3) is 0. The number of rotatable bonds is 4. The number of aromatic nitrogens is 5. The maximum Gasteiger partial charge on any atom is 0.138 e. The molecule has 246 valence electrons. The van der Waals surface area contributed by atoms with Gasteiger partial charge in [-0.15, -0.1) is 0 Å². The molecule has 6 heteroatoms. The molecule has 5 aromatic heterocycles. The quantitative estimate of drug-likeness (QED) is 0.188. The summed E-state index contributed by atoms with van der Waals surface area (Å²) in [5.74, 6) is 0.891. The third kappa shape index (κ3) is 5.14. The normalized spacial score (nSPS) is 11.8. The van der Waals surface area contributed by atoms with E-state index in [9.17, 15) is 0 Å². The summed E-state index contributed by atoms with van der Waals surface area (Å²) in [4.78, 5) is 13.6. The van der Waals surface area contributed by atoms with Gasteiger partial charge in [0.25, 0.3) is 0 Å². The molecular weight excluding hydrogens is 654 g/mol. The molecule has 5 nitrogen and oxygen atoms in total. The predicted molar refractivity (Wildman–Crippen MR) is 220 cm³/mol. The highest BCUT2D eigenvalue weighted by Crippen LogP contribution is 2.35. The summed E-state index contributed by atoms with van der Waals surface area (Å²) in [6.45, 7) is 0. The molecule has 0 bridgehead atoms. The molecular formula is C46H32N5P. The molecule has 11 aromatic rings. The molecule has 0 aliphatic rings. The van der Waals surface area contributed by atoms with Crippen molar-refractivity contribution in [2.45, 2.75) is 0 Å². The Bertz CT molecular complexity index is 2920. The van der Waals surface area contributed by atoms with Gasteiger partial charge in [-0.25, -0.2) is 9.97 Å². The Morgan fingerprint density at radius 2 is 0.788 bits per heavy atom. The Morgan fingerprint density at radius 3 is 1.35 bits per heavy atom. The maximum atomic E-state index is 5.12. The van der Waals surface area contributed by atoms with Gasteiger partial charge in [-0.2, -0.15) is 0 Å². The Morgan fingerprint density at radius 1 is 0.365 bits per heavy atom. The molecule has 11 rings (SSSR count). The molecule has 1 unspecified atom stereocenters. The first-order chi connectivity index (χ1) is 25.8. The monoisotopic (exact) mass is 685 g/mol. The zero-order valence-corrected chi connectivity index (χ0v) is 29.1. The van der Waals surface area contributed by atoms with Crippen molar-refractivity contribution in [1.82, 2.24) is 23.9 Å². The predicted octanol–water partition coefficient (Wildman–Crippen LogP) is 11.4. The molecule has 0 saturated heterocycles. The number of hydrogen-bond donors (Lipinski definition) is 1. The molecule has 0 radical (unpaired) electrons. The number of pyridine rings is 2. The van der Waals surface area contributed by atoms with Crippen LogP contribution in [0.15, 0.2) is 182 Å². The summed E-state index contributed by atoms with van der Waals surface area (Å²) in [6, 6.07) is 63.5. The number of nitrogens with zero attached hydrogens (tertiary/aromatic N) is 4. The minimum absolute atomic E-state index is 0.372. The zero-order chi connectivity index (χ0) is 34.4. The van der Waals surface area contributed by atoms with E-state index in [1.54, 1.807) is 0 Å². The summed E-state index contributed by atoms with van der Waals surface area (Å²) < 4.78 is 4.64. The molecule has 0 aliphatic heterocycles. The van der Waals surface area contributed by atoms with Gasteiger partial charge in [0, 0.05) is 52.1 Å². The molecule has 0 saturated carbocycles. The lowest BCUT2D eigenvalue weighted by Gasteiger charge is -2.10. The largest absolute Gasteiger partial charge is 0.355 e. The summed E-state index contributed by atoms with van der Waals surface area (Å²) in [6.07, 6.45) is 0. The first kappa shape index (κ1) is 30.3. The van der Waals surface area contributed by atoms with Crippen molar-refractivity contribution in [2.75, 3.05) is 0 Å². The van der Waals surface area contributed by atoms with E-state index in [-0.39, 0.29) is 0 Å². The highest BCUT2D eigenvalue weighted by Gasteiger charge is 2.15. The molecule has 5 heterocycles. The SMILES string of the molecule is c1cc(Pn2c3ccccc3c3ccccc32)nc(-c2cccc(-n3c4ccccc4c4ccccc43)n2)c1.c1ccc2c(c1)[nH]c1ccccc12. The van der Waals surface area contributed by atoms with Crippen LogP contribution in [0.3, 0.4) is 0 Å². The van der Waals surface area contributed by atoms with Crippen molar-refractivity contribution in [3.8, 4) is 17.2 Å². The number of nitrogens with one attached hydrogen (secondary N) is 1. The van der Waals surface area contributed by atoms with Crippen LogP contribution in [0.25, 0.3) is 82.6 Å². The second-order valence-electron chi connectivity index (χ2n) is 12.9. The molecule has 0 fully saturated rings. The fourth-order valence-electron chi connectivity index (χ4n) is 7.46. The molecule has 0 amide bonds. The van der Waals surface area contributed by atoms with Crippen LogP contribution < -0.4 is 5.44 Å². The van der Waals surface area contributed by atoms with E-state index in [0.29, 0.717) is 8.73 Å². The zero-order valence-electron chi connectivity index (χ0n) is 28.1. The summed E-state index contributed by atoms with van der Waals surface area (Å²) >= 11 is 0. The second-order valence-corrected chi connectivity index (χ2v) is 14.0. The molecule has 1 atom stereocenters. The number of aromatic amines is 1. The Balaban J connectivity index is 0.000000218. The number of fused-ring (bicyclic) bond motifs is 9. The van der Waals surface area contributed by atoms with Gasteiger partial charge in [0.15, 0.2) is 0 Å².